The van der Waals surface area contributed by atoms with Crippen molar-refractivity contribution < 1.29 is 14.4 Å². The average Bonchev–Trinajstić information content (AvgIpc) is 3.24. The van der Waals surface area contributed by atoms with Crippen LogP contribution in [0.3, 0.4) is 0 Å². The first kappa shape index (κ1) is 18.4. The number of nitrogens with zero attached hydrogens (tertiary/aromatic N) is 2. The number of aryl methyl sites for hydroxylation is 1. The van der Waals surface area contributed by atoms with E-state index in [1.54, 1.807) is 11.0 Å². The molecule has 0 spiro atoms. The second kappa shape index (κ2) is 7.98. The molecule has 1 amide bonds. The van der Waals surface area contributed by atoms with Crippen molar-refractivity contribution in [3.8, 4) is 11.3 Å². The standard InChI is InChI=1S/C23H24N2O3/c1-16-7-9-17(10-8-16)20-15-21(28-24-20)23(27)25-13-11-19(12-14-25)22(26)18-5-3-2-4-6-18/h2-10,15,19,22,26H,11-14H2,1H3. The molecule has 1 aliphatic heterocycles. The smallest absolute Gasteiger partial charge is 0.292 e. The van der Waals surface area contributed by atoms with Crippen molar-refractivity contribution in [3.63, 3.8) is 0 Å². The Balaban J connectivity index is 1.38. The maximum absolute atomic E-state index is 12.8. The average molecular weight is 376 g/mol. The maximum Gasteiger partial charge on any atom is 0.292 e. The molecule has 144 valence electrons. The van der Waals surface area contributed by atoms with Gasteiger partial charge in [-0.15, -0.1) is 0 Å². The molecule has 4 rings (SSSR count). The number of aliphatic hydroxyl groups is 1. The molecular formula is C23H24N2O3. The second-order valence-corrected chi connectivity index (χ2v) is 7.43. The fourth-order valence-electron chi connectivity index (χ4n) is 3.73. The monoisotopic (exact) mass is 376 g/mol. The van der Waals surface area contributed by atoms with Crippen LogP contribution in [0.2, 0.25) is 0 Å². The number of rotatable bonds is 4. The van der Waals surface area contributed by atoms with Gasteiger partial charge in [0.1, 0.15) is 5.69 Å². The molecule has 1 unspecified atom stereocenters. The molecule has 2 aromatic carbocycles. The SMILES string of the molecule is Cc1ccc(-c2cc(C(=O)N3CCC(C(O)c4ccccc4)CC3)on2)cc1. The van der Waals surface area contributed by atoms with Crippen LogP contribution in [0.4, 0.5) is 0 Å². The van der Waals surface area contributed by atoms with E-state index in [0.717, 1.165) is 24.0 Å². The molecule has 0 saturated carbocycles. The predicted molar refractivity (Wildman–Crippen MR) is 107 cm³/mol. The van der Waals surface area contributed by atoms with Gasteiger partial charge in [0.25, 0.3) is 5.91 Å². The van der Waals surface area contributed by atoms with Gasteiger partial charge in [-0.3, -0.25) is 4.79 Å². The van der Waals surface area contributed by atoms with E-state index in [1.165, 1.54) is 5.56 Å². The van der Waals surface area contributed by atoms with E-state index in [-0.39, 0.29) is 17.6 Å². The van der Waals surface area contributed by atoms with Crippen LogP contribution in [0.5, 0.6) is 0 Å². The van der Waals surface area contributed by atoms with Gasteiger partial charge in [-0.25, -0.2) is 0 Å². The number of carbonyl (C=O) groups excluding carboxylic acids is 1. The molecule has 0 radical (unpaired) electrons. The van der Waals surface area contributed by atoms with Crippen molar-refractivity contribution in [2.24, 2.45) is 5.92 Å². The number of carbonyl (C=O) groups is 1. The summed E-state index contributed by atoms with van der Waals surface area (Å²) in [5.74, 6) is 0.278. The number of hydrogen-bond acceptors (Lipinski definition) is 4. The molecule has 1 saturated heterocycles. The van der Waals surface area contributed by atoms with Crippen molar-refractivity contribution in [2.45, 2.75) is 25.9 Å². The lowest BCUT2D eigenvalue weighted by atomic mass is 9.87. The van der Waals surface area contributed by atoms with Crippen LogP contribution in [-0.4, -0.2) is 34.2 Å². The van der Waals surface area contributed by atoms with E-state index < -0.39 is 6.10 Å². The Morgan fingerprint density at radius 1 is 1.11 bits per heavy atom. The third-order valence-corrected chi connectivity index (χ3v) is 5.48. The first-order chi connectivity index (χ1) is 13.6. The molecular weight excluding hydrogens is 352 g/mol. The topological polar surface area (TPSA) is 66.6 Å². The van der Waals surface area contributed by atoms with Crippen LogP contribution < -0.4 is 0 Å². The minimum absolute atomic E-state index is 0.140. The molecule has 1 atom stereocenters. The molecule has 1 aromatic heterocycles. The number of piperidine rings is 1. The van der Waals surface area contributed by atoms with Crippen LogP contribution in [-0.2, 0) is 0 Å². The van der Waals surface area contributed by atoms with Crippen molar-refractivity contribution >= 4 is 5.91 Å². The summed E-state index contributed by atoms with van der Waals surface area (Å²) in [5, 5.41) is 14.7. The van der Waals surface area contributed by atoms with Gasteiger partial charge in [0.15, 0.2) is 0 Å². The van der Waals surface area contributed by atoms with E-state index in [2.05, 4.69) is 5.16 Å². The quantitative estimate of drug-likeness (QED) is 0.740. The van der Waals surface area contributed by atoms with Crippen molar-refractivity contribution in [1.29, 1.82) is 0 Å². The van der Waals surface area contributed by atoms with Crippen molar-refractivity contribution in [2.75, 3.05) is 13.1 Å². The van der Waals surface area contributed by atoms with Crippen LogP contribution in [0.25, 0.3) is 11.3 Å². The summed E-state index contributed by atoms with van der Waals surface area (Å²) >= 11 is 0. The largest absolute Gasteiger partial charge is 0.388 e. The third kappa shape index (κ3) is 3.85. The summed E-state index contributed by atoms with van der Waals surface area (Å²) in [6, 6.07) is 19.4. The lowest BCUT2D eigenvalue weighted by Gasteiger charge is -2.33. The highest BCUT2D eigenvalue weighted by molar-refractivity contribution is 5.92. The van der Waals surface area contributed by atoms with Gasteiger partial charge in [-0.05, 0) is 31.2 Å². The summed E-state index contributed by atoms with van der Waals surface area (Å²) in [6.07, 6.45) is 1.04. The van der Waals surface area contributed by atoms with Gasteiger partial charge >= 0.3 is 0 Å². The molecule has 0 bridgehead atoms. The fourth-order valence-corrected chi connectivity index (χ4v) is 3.73. The summed E-state index contributed by atoms with van der Waals surface area (Å²) < 4.78 is 5.32. The van der Waals surface area contributed by atoms with Crippen LogP contribution in [0.1, 0.15) is 40.6 Å². The summed E-state index contributed by atoms with van der Waals surface area (Å²) in [7, 11) is 0. The van der Waals surface area contributed by atoms with E-state index in [4.69, 9.17) is 4.52 Å². The number of likely N-dealkylation sites (tertiary alicyclic amines) is 1. The fraction of sp³-hybridized carbons (Fsp3) is 0.304. The van der Waals surface area contributed by atoms with Gasteiger partial charge in [0.2, 0.25) is 5.76 Å². The molecule has 1 aliphatic rings. The van der Waals surface area contributed by atoms with Gasteiger partial charge in [-0.1, -0.05) is 65.3 Å². The van der Waals surface area contributed by atoms with Gasteiger partial charge in [0, 0.05) is 24.7 Å². The van der Waals surface area contributed by atoms with E-state index >= 15 is 0 Å². The first-order valence-corrected chi connectivity index (χ1v) is 9.68. The minimum Gasteiger partial charge on any atom is -0.388 e. The lowest BCUT2D eigenvalue weighted by molar-refractivity contribution is 0.0437. The second-order valence-electron chi connectivity index (χ2n) is 7.43. The van der Waals surface area contributed by atoms with E-state index in [9.17, 15) is 9.90 Å². The van der Waals surface area contributed by atoms with E-state index in [0.29, 0.717) is 18.8 Å². The van der Waals surface area contributed by atoms with Crippen LogP contribution in [0, 0.1) is 12.8 Å². The number of benzene rings is 2. The molecule has 1 fully saturated rings. The number of aliphatic hydroxyl groups excluding tert-OH is 1. The highest BCUT2D eigenvalue weighted by Crippen LogP contribution is 2.31. The molecule has 2 heterocycles. The van der Waals surface area contributed by atoms with Gasteiger partial charge < -0.3 is 14.5 Å². The maximum atomic E-state index is 12.8. The molecule has 0 aliphatic carbocycles. The van der Waals surface area contributed by atoms with E-state index in [1.807, 2.05) is 61.5 Å². The number of hydrogen-bond donors (Lipinski definition) is 1. The number of amides is 1. The Morgan fingerprint density at radius 2 is 1.79 bits per heavy atom. The predicted octanol–water partition coefficient (Wildman–Crippen LogP) is 4.24. The minimum atomic E-state index is -0.489. The molecule has 5 heteroatoms. The zero-order valence-electron chi connectivity index (χ0n) is 15.9. The normalized spacial score (nSPS) is 16.1. The lowest BCUT2D eigenvalue weighted by Crippen LogP contribution is -2.39. The Hall–Kier alpha value is -2.92. The van der Waals surface area contributed by atoms with Crippen LogP contribution in [0.15, 0.2) is 65.2 Å². The Kier molecular flexibility index (Phi) is 5.26. The highest BCUT2D eigenvalue weighted by atomic mass is 16.5. The molecule has 5 nitrogen and oxygen atoms in total. The Labute approximate surface area is 164 Å². The third-order valence-electron chi connectivity index (χ3n) is 5.48. The zero-order chi connectivity index (χ0) is 19.5. The zero-order valence-corrected chi connectivity index (χ0v) is 15.9. The Morgan fingerprint density at radius 3 is 2.46 bits per heavy atom. The molecule has 1 N–H and O–H groups in total. The highest BCUT2D eigenvalue weighted by Gasteiger charge is 2.30. The number of aromatic nitrogens is 1. The molecule has 3 aromatic rings. The summed E-state index contributed by atoms with van der Waals surface area (Å²) in [6.45, 7) is 3.24. The van der Waals surface area contributed by atoms with Crippen LogP contribution >= 0.6 is 0 Å². The summed E-state index contributed by atoms with van der Waals surface area (Å²) in [4.78, 5) is 14.6. The summed E-state index contributed by atoms with van der Waals surface area (Å²) in [5.41, 5.74) is 3.70. The van der Waals surface area contributed by atoms with Crippen molar-refractivity contribution in [3.05, 3.63) is 77.6 Å². The molecule has 28 heavy (non-hydrogen) atoms. The van der Waals surface area contributed by atoms with Gasteiger partial charge in [-0.2, -0.15) is 0 Å². The first-order valence-electron chi connectivity index (χ1n) is 9.68. The Bertz CT molecular complexity index is 926. The van der Waals surface area contributed by atoms with Gasteiger partial charge in [0.05, 0.1) is 6.10 Å². The van der Waals surface area contributed by atoms with Crippen molar-refractivity contribution in [1.82, 2.24) is 10.1 Å².